The largest absolute Gasteiger partial charge is 0.241 e. The van der Waals surface area contributed by atoms with Gasteiger partial charge < -0.3 is 0 Å². The van der Waals surface area contributed by atoms with Crippen LogP contribution in [0, 0.1) is 0 Å². The summed E-state index contributed by atoms with van der Waals surface area (Å²) in [5.74, 6) is 0. The molecule has 4 aromatic carbocycles. The van der Waals surface area contributed by atoms with Gasteiger partial charge in [0.05, 0.1) is 21.9 Å². The molecule has 1 aliphatic carbocycles. The fraction of sp³-hybridized carbons (Fsp3) is 0.0800. The molecule has 0 aliphatic heterocycles. The molecule has 9 heteroatoms. The third-order valence-electron chi connectivity index (χ3n) is 5.92. The first kappa shape index (κ1) is 21.0. The SMILES string of the molecule is O=S(=O)(NC1c2cccc3cccc(c23)C1Sc1nnnn1-c1ccccc1)c1ccccc1. The van der Waals surface area contributed by atoms with Gasteiger partial charge in [0.2, 0.25) is 15.2 Å². The number of aromatic nitrogens is 4. The van der Waals surface area contributed by atoms with Crippen LogP contribution in [0.4, 0.5) is 0 Å². The standard InChI is InChI=1S/C25H19N5O2S2/c31-34(32,19-13-5-2-6-14-19)27-23-20-15-7-9-17-10-8-16-21(22(17)20)24(23)33-25-26-28-29-30(25)18-11-3-1-4-12-18/h1-16,23-24,27H. The highest BCUT2D eigenvalue weighted by Crippen LogP contribution is 2.53. The molecular formula is C25H19N5O2S2. The van der Waals surface area contributed by atoms with E-state index >= 15 is 0 Å². The van der Waals surface area contributed by atoms with Crippen LogP contribution in [0.3, 0.4) is 0 Å². The third-order valence-corrected chi connectivity index (χ3v) is 8.63. The summed E-state index contributed by atoms with van der Waals surface area (Å²) in [5.41, 5.74) is 2.84. The molecule has 1 aliphatic rings. The van der Waals surface area contributed by atoms with Crippen molar-refractivity contribution in [1.82, 2.24) is 24.9 Å². The van der Waals surface area contributed by atoms with Gasteiger partial charge in [-0.25, -0.2) is 13.1 Å². The number of nitrogens with one attached hydrogen (secondary N) is 1. The summed E-state index contributed by atoms with van der Waals surface area (Å²) in [6.45, 7) is 0. The molecule has 0 amide bonds. The summed E-state index contributed by atoms with van der Waals surface area (Å²) >= 11 is 1.45. The molecule has 2 atom stereocenters. The third kappa shape index (κ3) is 3.58. The average Bonchev–Trinajstić information content (AvgIpc) is 3.45. The van der Waals surface area contributed by atoms with Crippen molar-refractivity contribution < 1.29 is 8.42 Å². The van der Waals surface area contributed by atoms with E-state index in [9.17, 15) is 8.42 Å². The predicted molar refractivity (Wildman–Crippen MR) is 131 cm³/mol. The van der Waals surface area contributed by atoms with E-state index in [-0.39, 0.29) is 10.1 Å². The highest BCUT2D eigenvalue weighted by molar-refractivity contribution is 7.99. The van der Waals surface area contributed by atoms with Crippen LogP contribution in [-0.4, -0.2) is 28.6 Å². The lowest BCUT2D eigenvalue weighted by molar-refractivity contribution is 0.557. The molecule has 6 rings (SSSR count). The molecule has 1 heterocycles. The topological polar surface area (TPSA) is 89.8 Å². The summed E-state index contributed by atoms with van der Waals surface area (Å²) in [4.78, 5) is 0.232. The molecular weight excluding hydrogens is 466 g/mol. The highest BCUT2D eigenvalue weighted by Gasteiger charge is 2.39. The van der Waals surface area contributed by atoms with Gasteiger partial charge in [-0.2, -0.15) is 4.68 Å². The predicted octanol–water partition coefficient (Wildman–Crippen LogP) is 4.68. The van der Waals surface area contributed by atoms with Crippen molar-refractivity contribution >= 4 is 32.6 Å². The second-order valence-corrected chi connectivity index (χ2v) is 10.8. The fourth-order valence-electron chi connectivity index (χ4n) is 4.43. The monoisotopic (exact) mass is 485 g/mol. The molecule has 0 saturated heterocycles. The summed E-state index contributed by atoms with van der Waals surface area (Å²) in [6, 6.07) is 29.7. The first-order valence-corrected chi connectivity index (χ1v) is 13.1. The maximum absolute atomic E-state index is 13.3. The van der Waals surface area contributed by atoms with Crippen LogP contribution < -0.4 is 4.72 Å². The zero-order chi connectivity index (χ0) is 23.1. The van der Waals surface area contributed by atoms with Gasteiger partial charge in [-0.1, -0.05) is 84.6 Å². The number of thioether (sulfide) groups is 1. The van der Waals surface area contributed by atoms with Crippen molar-refractivity contribution in [3.63, 3.8) is 0 Å². The number of para-hydroxylation sites is 1. The van der Waals surface area contributed by atoms with E-state index in [1.54, 1.807) is 35.0 Å². The van der Waals surface area contributed by atoms with E-state index in [1.807, 2.05) is 60.7 Å². The molecule has 34 heavy (non-hydrogen) atoms. The van der Waals surface area contributed by atoms with Crippen LogP contribution in [0.5, 0.6) is 0 Å². The van der Waals surface area contributed by atoms with Gasteiger partial charge in [0.25, 0.3) is 0 Å². The molecule has 0 spiro atoms. The Morgan fingerprint density at radius 1 is 0.794 bits per heavy atom. The number of hydrogen-bond acceptors (Lipinski definition) is 6. The quantitative estimate of drug-likeness (QED) is 0.376. The zero-order valence-corrected chi connectivity index (χ0v) is 19.4. The van der Waals surface area contributed by atoms with Crippen LogP contribution in [0.25, 0.3) is 16.5 Å². The van der Waals surface area contributed by atoms with Crippen LogP contribution >= 0.6 is 11.8 Å². The minimum absolute atomic E-state index is 0.232. The van der Waals surface area contributed by atoms with E-state index in [0.29, 0.717) is 5.16 Å². The Bertz CT molecular complexity index is 1580. The average molecular weight is 486 g/mol. The fourth-order valence-corrected chi connectivity index (χ4v) is 6.99. The second-order valence-electron chi connectivity index (χ2n) is 7.95. The molecule has 0 bridgehead atoms. The van der Waals surface area contributed by atoms with Crippen LogP contribution in [0.15, 0.2) is 107 Å². The van der Waals surface area contributed by atoms with Crippen molar-refractivity contribution in [2.75, 3.05) is 0 Å². The summed E-state index contributed by atoms with van der Waals surface area (Å²) in [7, 11) is -3.75. The van der Waals surface area contributed by atoms with Gasteiger partial charge in [-0.3, -0.25) is 0 Å². The van der Waals surface area contributed by atoms with Crippen molar-refractivity contribution in [2.45, 2.75) is 21.3 Å². The number of nitrogens with zero attached hydrogens (tertiary/aromatic N) is 4. The molecule has 168 valence electrons. The maximum Gasteiger partial charge on any atom is 0.241 e. The molecule has 5 aromatic rings. The molecule has 7 nitrogen and oxygen atoms in total. The number of rotatable bonds is 6. The molecule has 1 aromatic heterocycles. The number of benzene rings is 4. The first-order valence-electron chi connectivity index (χ1n) is 10.7. The summed E-state index contributed by atoms with van der Waals surface area (Å²) in [5, 5.41) is 14.8. The Morgan fingerprint density at radius 3 is 2.21 bits per heavy atom. The van der Waals surface area contributed by atoms with Crippen molar-refractivity contribution in [3.05, 3.63) is 108 Å². The normalized spacial score (nSPS) is 17.3. The van der Waals surface area contributed by atoms with Gasteiger partial charge in [-0.15, -0.1) is 5.10 Å². The Labute approximate surface area is 200 Å². The van der Waals surface area contributed by atoms with Gasteiger partial charge in [0, 0.05) is 0 Å². The molecule has 2 unspecified atom stereocenters. The van der Waals surface area contributed by atoms with Crippen LogP contribution in [-0.2, 0) is 10.0 Å². The van der Waals surface area contributed by atoms with E-state index in [0.717, 1.165) is 27.6 Å². The Kier molecular flexibility index (Phi) is 5.17. The first-order chi connectivity index (χ1) is 16.6. The maximum atomic E-state index is 13.3. The highest BCUT2D eigenvalue weighted by atomic mass is 32.2. The molecule has 0 radical (unpaired) electrons. The van der Waals surface area contributed by atoms with Gasteiger partial charge in [0.1, 0.15) is 0 Å². The van der Waals surface area contributed by atoms with Gasteiger partial charge >= 0.3 is 0 Å². The lowest BCUT2D eigenvalue weighted by Crippen LogP contribution is -2.30. The van der Waals surface area contributed by atoms with Crippen molar-refractivity contribution in [2.24, 2.45) is 0 Å². The number of hydrogen-bond donors (Lipinski definition) is 1. The lowest BCUT2D eigenvalue weighted by Gasteiger charge is -2.22. The van der Waals surface area contributed by atoms with E-state index in [1.165, 1.54) is 11.8 Å². The smallest absolute Gasteiger partial charge is 0.207 e. The minimum Gasteiger partial charge on any atom is -0.207 e. The Balaban J connectivity index is 1.44. The Morgan fingerprint density at radius 2 is 1.47 bits per heavy atom. The number of sulfonamides is 1. The Hall–Kier alpha value is -3.53. The van der Waals surface area contributed by atoms with E-state index in [4.69, 9.17) is 0 Å². The second kappa shape index (κ2) is 8.35. The molecule has 1 N–H and O–H groups in total. The lowest BCUT2D eigenvalue weighted by atomic mass is 10.1. The van der Waals surface area contributed by atoms with Crippen LogP contribution in [0.2, 0.25) is 0 Å². The number of tetrazole rings is 1. The zero-order valence-electron chi connectivity index (χ0n) is 17.8. The van der Waals surface area contributed by atoms with Gasteiger partial charge in [-0.05, 0) is 56.6 Å². The summed E-state index contributed by atoms with van der Waals surface area (Å²) < 4.78 is 31.3. The van der Waals surface area contributed by atoms with E-state index in [2.05, 4.69) is 26.3 Å². The van der Waals surface area contributed by atoms with Crippen molar-refractivity contribution in [3.8, 4) is 5.69 Å². The molecule has 0 saturated carbocycles. The van der Waals surface area contributed by atoms with Crippen LogP contribution in [0.1, 0.15) is 22.4 Å². The summed E-state index contributed by atoms with van der Waals surface area (Å²) in [6.07, 6.45) is 0. The van der Waals surface area contributed by atoms with Gasteiger partial charge in [0.15, 0.2) is 0 Å². The van der Waals surface area contributed by atoms with E-state index < -0.39 is 16.1 Å². The van der Waals surface area contributed by atoms with Crippen molar-refractivity contribution in [1.29, 1.82) is 0 Å². The molecule has 0 fully saturated rings. The minimum atomic E-state index is -3.75.